The number of rotatable bonds is 3. The van der Waals surface area contributed by atoms with Gasteiger partial charge in [-0.15, -0.1) is 0 Å². The van der Waals surface area contributed by atoms with Crippen molar-refractivity contribution in [2.75, 3.05) is 6.61 Å². The largest absolute Gasteiger partial charge is 0.501 e. The van der Waals surface area contributed by atoms with Crippen molar-refractivity contribution < 1.29 is 9.15 Å². The molecule has 0 spiro atoms. The number of aromatic nitrogens is 1. The number of pyridine rings is 1. The van der Waals surface area contributed by atoms with E-state index in [1.165, 1.54) is 0 Å². The van der Waals surface area contributed by atoms with Crippen LogP contribution in [0.15, 0.2) is 35.4 Å². The second-order valence-corrected chi connectivity index (χ2v) is 2.82. The lowest BCUT2D eigenvalue weighted by Gasteiger charge is -1.91. The molecular weight excluding hydrogens is 178 g/mol. The lowest BCUT2D eigenvalue weighted by Crippen LogP contribution is -1.76. The van der Waals surface area contributed by atoms with E-state index in [-0.39, 0.29) is 0 Å². The summed E-state index contributed by atoms with van der Waals surface area (Å²) in [5.74, 6) is 0. The fraction of sp³-hybridized carbons (Fsp3) is 0.182. The van der Waals surface area contributed by atoms with Crippen LogP contribution in [0.1, 0.15) is 12.5 Å². The third kappa shape index (κ3) is 1.62. The summed E-state index contributed by atoms with van der Waals surface area (Å²) in [5, 5.41) is 1.05. The highest BCUT2D eigenvalue weighted by Gasteiger charge is 2.01. The molecule has 2 heterocycles. The molecule has 0 unspecified atom stereocenters. The van der Waals surface area contributed by atoms with E-state index in [2.05, 4.69) is 4.98 Å². The van der Waals surface area contributed by atoms with E-state index < -0.39 is 0 Å². The van der Waals surface area contributed by atoms with Gasteiger partial charge in [-0.2, -0.15) is 0 Å². The molecule has 0 bridgehead atoms. The van der Waals surface area contributed by atoms with Gasteiger partial charge in [0.1, 0.15) is 0 Å². The first-order chi connectivity index (χ1) is 6.92. The standard InChI is InChI=1S/C11H11NO2/c1-2-13-6-4-9-8-14-11-7-12-5-3-10(9)11/h3-8H,2H2,1H3/b6-4+. The number of furan rings is 1. The minimum Gasteiger partial charge on any atom is -0.501 e. The maximum atomic E-state index is 5.31. The van der Waals surface area contributed by atoms with Gasteiger partial charge in [-0.25, -0.2) is 0 Å². The zero-order chi connectivity index (χ0) is 9.80. The van der Waals surface area contributed by atoms with Gasteiger partial charge in [-0.05, 0) is 19.1 Å². The average molecular weight is 189 g/mol. The van der Waals surface area contributed by atoms with E-state index in [1.807, 2.05) is 19.1 Å². The van der Waals surface area contributed by atoms with E-state index >= 15 is 0 Å². The van der Waals surface area contributed by atoms with Crippen molar-refractivity contribution in [3.8, 4) is 0 Å². The highest BCUT2D eigenvalue weighted by molar-refractivity contribution is 5.85. The van der Waals surface area contributed by atoms with Crippen LogP contribution in [0.5, 0.6) is 0 Å². The van der Waals surface area contributed by atoms with E-state index in [4.69, 9.17) is 9.15 Å². The molecule has 0 saturated heterocycles. The van der Waals surface area contributed by atoms with Crippen LogP contribution in [0.4, 0.5) is 0 Å². The Morgan fingerprint density at radius 2 is 2.50 bits per heavy atom. The molecule has 0 atom stereocenters. The molecule has 72 valence electrons. The Kier molecular flexibility index (Phi) is 2.49. The van der Waals surface area contributed by atoms with Crippen LogP contribution in [0, 0.1) is 0 Å². The van der Waals surface area contributed by atoms with Gasteiger partial charge in [0.2, 0.25) is 0 Å². The van der Waals surface area contributed by atoms with Gasteiger partial charge in [-0.1, -0.05) is 0 Å². The Morgan fingerprint density at radius 1 is 1.57 bits per heavy atom. The minimum absolute atomic E-state index is 0.674. The van der Waals surface area contributed by atoms with Crippen molar-refractivity contribution in [2.45, 2.75) is 6.92 Å². The van der Waals surface area contributed by atoms with E-state index in [0.29, 0.717) is 6.61 Å². The summed E-state index contributed by atoms with van der Waals surface area (Å²) in [6, 6.07) is 1.92. The smallest absolute Gasteiger partial charge is 0.152 e. The second-order valence-electron chi connectivity index (χ2n) is 2.82. The Hall–Kier alpha value is -1.77. The third-order valence-corrected chi connectivity index (χ3v) is 1.92. The monoisotopic (exact) mass is 189 g/mol. The van der Waals surface area contributed by atoms with Crippen LogP contribution in [0.2, 0.25) is 0 Å². The Balaban J connectivity index is 2.34. The Morgan fingerprint density at radius 3 is 3.36 bits per heavy atom. The van der Waals surface area contributed by atoms with Gasteiger partial charge < -0.3 is 9.15 Å². The summed E-state index contributed by atoms with van der Waals surface area (Å²) in [5.41, 5.74) is 1.81. The molecule has 14 heavy (non-hydrogen) atoms. The third-order valence-electron chi connectivity index (χ3n) is 1.92. The van der Waals surface area contributed by atoms with E-state index in [9.17, 15) is 0 Å². The van der Waals surface area contributed by atoms with Crippen LogP contribution in [0.3, 0.4) is 0 Å². The quantitative estimate of drug-likeness (QED) is 0.696. The van der Waals surface area contributed by atoms with E-state index in [0.717, 1.165) is 16.5 Å². The minimum atomic E-state index is 0.674. The highest BCUT2D eigenvalue weighted by atomic mass is 16.5. The molecule has 2 rings (SSSR count). The highest BCUT2D eigenvalue weighted by Crippen LogP contribution is 2.20. The van der Waals surface area contributed by atoms with Gasteiger partial charge in [0, 0.05) is 17.1 Å². The molecule has 0 aliphatic heterocycles. The molecule has 2 aromatic heterocycles. The van der Waals surface area contributed by atoms with Gasteiger partial charge in [0.15, 0.2) is 5.58 Å². The fourth-order valence-electron chi connectivity index (χ4n) is 1.25. The van der Waals surface area contributed by atoms with Crippen LogP contribution in [-0.2, 0) is 4.74 Å². The predicted octanol–water partition coefficient (Wildman–Crippen LogP) is 2.84. The lowest BCUT2D eigenvalue weighted by molar-refractivity contribution is 0.272. The molecule has 0 aliphatic rings. The summed E-state index contributed by atoms with van der Waals surface area (Å²) >= 11 is 0. The summed E-state index contributed by atoms with van der Waals surface area (Å²) in [6.07, 6.45) is 8.70. The number of ether oxygens (including phenoxy) is 1. The number of nitrogens with zero attached hydrogens (tertiary/aromatic N) is 1. The van der Waals surface area contributed by atoms with Crippen LogP contribution < -0.4 is 0 Å². The topological polar surface area (TPSA) is 35.3 Å². The Bertz CT molecular complexity index is 445. The maximum Gasteiger partial charge on any atom is 0.152 e. The number of hydrogen-bond donors (Lipinski definition) is 0. The van der Waals surface area contributed by atoms with Crippen molar-refractivity contribution in [3.05, 3.63) is 36.5 Å². The van der Waals surface area contributed by atoms with Crippen molar-refractivity contribution >= 4 is 17.0 Å². The molecule has 3 nitrogen and oxygen atoms in total. The van der Waals surface area contributed by atoms with Crippen LogP contribution in [-0.4, -0.2) is 11.6 Å². The average Bonchev–Trinajstić information content (AvgIpc) is 2.63. The zero-order valence-electron chi connectivity index (χ0n) is 7.93. The SMILES string of the molecule is CCO/C=C/c1coc2cnccc12. The van der Waals surface area contributed by atoms with Crippen molar-refractivity contribution in [2.24, 2.45) is 0 Å². The molecule has 0 radical (unpaired) electrons. The number of fused-ring (bicyclic) bond motifs is 1. The second kappa shape index (κ2) is 3.96. The predicted molar refractivity (Wildman–Crippen MR) is 54.7 cm³/mol. The summed E-state index contributed by atoms with van der Waals surface area (Å²) in [4.78, 5) is 3.97. The molecule has 0 amide bonds. The van der Waals surface area contributed by atoms with E-state index in [1.54, 1.807) is 24.9 Å². The van der Waals surface area contributed by atoms with Gasteiger partial charge >= 0.3 is 0 Å². The van der Waals surface area contributed by atoms with Crippen LogP contribution >= 0.6 is 0 Å². The molecule has 0 aromatic carbocycles. The molecular formula is C11H11NO2. The summed E-state index contributed by atoms with van der Waals surface area (Å²) in [7, 11) is 0. The molecule has 0 fully saturated rings. The van der Waals surface area contributed by atoms with Crippen molar-refractivity contribution in [1.29, 1.82) is 0 Å². The van der Waals surface area contributed by atoms with Gasteiger partial charge in [-0.3, -0.25) is 4.98 Å². The lowest BCUT2D eigenvalue weighted by atomic mass is 10.2. The zero-order valence-corrected chi connectivity index (χ0v) is 7.93. The molecule has 3 heteroatoms. The molecule has 0 saturated carbocycles. The first-order valence-electron chi connectivity index (χ1n) is 4.51. The first kappa shape index (κ1) is 8.81. The normalized spacial score (nSPS) is 11.2. The van der Waals surface area contributed by atoms with Gasteiger partial charge in [0.05, 0.1) is 25.3 Å². The van der Waals surface area contributed by atoms with Crippen LogP contribution in [0.25, 0.3) is 17.0 Å². The Labute approximate surface area is 82.0 Å². The summed E-state index contributed by atoms with van der Waals surface area (Å²) < 4.78 is 10.4. The molecule has 2 aromatic rings. The van der Waals surface area contributed by atoms with Crippen molar-refractivity contribution in [3.63, 3.8) is 0 Å². The van der Waals surface area contributed by atoms with Crippen molar-refractivity contribution in [1.82, 2.24) is 4.98 Å². The molecule has 0 N–H and O–H groups in total. The first-order valence-corrected chi connectivity index (χ1v) is 4.51. The fourth-order valence-corrected chi connectivity index (χ4v) is 1.25. The van der Waals surface area contributed by atoms with Gasteiger partial charge in [0.25, 0.3) is 0 Å². The number of hydrogen-bond acceptors (Lipinski definition) is 3. The maximum absolute atomic E-state index is 5.31. The summed E-state index contributed by atoms with van der Waals surface area (Å²) in [6.45, 7) is 2.62. The molecule has 0 aliphatic carbocycles.